The van der Waals surface area contributed by atoms with Crippen molar-refractivity contribution in [2.75, 3.05) is 33.2 Å². The van der Waals surface area contributed by atoms with Gasteiger partial charge < -0.3 is 14.9 Å². The summed E-state index contributed by atoms with van der Waals surface area (Å²) in [7, 11) is 2.10. The maximum atomic E-state index is 12.6. The number of pyridine rings is 1. The van der Waals surface area contributed by atoms with Crippen LogP contribution in [0.2, 0.25) is 0 Å². The van der Waals surface area contributed by atoms with E-state index in [4.69, 9.17) is 0 Å². The average molecular weight is 331 g/mol. The number of hydrogen-bond donors (Lipinski definition) is 1. The van der Waals surface area contributed by atoms with Crippen molar-refractivity contribution in [2.45, 2.75) is 25.2 Å². The maximum Gasteiger partial charge on any atom is 0.309 e. The SMILES string of the molecule is CN1CCC(CC(=O)N2C[C@@H](C(=O)O)[C@H](c3ccccn3)C2)CC1. The van der Waals surface area contributed by atoms with Crippen LogP contribution in [0, 0.1) is 11.8 Å². The van der Waals surface area contributed by atoms with Crippen LogP contribution < -0.4 is 0 Å². The predicted octanol–water partition coefficient (Wildman–Crippen LogP) is 1.44. The van der Waals surface area contributed by atoms with Crippen LogP contribution in [0.5, 0.6) is 0 Å². The molecule has 2 fully saturated rings. The number of aliphatic carboxylic acids is 1. The fourth-order valence-corrected chi connectivity index (χ4v) is 3.79. The third-order valence-electron chi connectivity index (χ3n) is 5.36. The number of carbonyl (C=O) groups is 2. The minimum Gasteiger partial charge on any atom is -0.481 e. The molecule has 1 N–H and O–H groups in total. The first-order valence-corrected chi connectivity index (χ1v) is 8.64. The number of rotatable bonds is 4. The summed E-state index contributed by atoms with van der Waals surface area (Å²) in [6, 6.07) is 5.53. The molecule has 24 heavy (non-hydrogen) atoms. The Labute approximate surface area is 142 Å². The normalized spacial score (nSPS) is 25.8. The molecule has 2 aliphatic heterocycles. The molecule has 3 heterocycles. The number of carboxylic acids is 1. The van der Waals surface area contributed by atoms with E-state index in [-0.39, 0.29) is 11.8 Å². The molecule has 2 aliphatic rings. The Bertz CT molecular complexity index is 584. The first kappa shape index (κ1) is 16.9. The van der Waals surface area contributed by atoms with Crippen molar-refractivity contribution in [2.24, 2.45) is 11.8 Å². The smallest absolute Gasteiger partial charge is 0.309 e. The van der Waals surface area contributed by atoms with Gasteiger partial charge in [0.2, 0.25) is 5.91 Å². The molecule has 0 radical (unpaired) electrons. The molecule has 6 heteroatoms. The molecule has 3 rings (SSSR count). The van der Waals surface area contributed by atoms with Gasteiger partial charge in [0.05, 0.1) is 5.92 Å². The topological polar surface area (TPSA) is 73.7 Å². The van der Waals surface area contributed by atoms with Gasteiger partial charge in [-0.2, -0.15) is 0 Å². The van der Waals surface area contributed by atoms with Crippen LogP contribution in [-0.2, 0) is 9.59 Å². The highest BCUT2D eigenvalue weighted by Crippen LogP contribution is 2.33. The van der Waals surface area contributed by atoms with Crippen molar-refractivity contribution in [3.63, 3.8) is 0 Å². The summed E-state index contributed by atoms with van der Waals surface area (Å²) in [5.74, 6) is -1.12. The third-order valence-corrected chi connectivity index (χ3v) is 5.36. The second-order valence-corrected chi connectivity index (χ2v) is 7.06. The summed E-state index contributed by atoms with van der Waals surface area (Å²) < 4.78 is 0. The number of piperidine rings is 1. The van der Waals surface area contributed by atoms with Crippen molar-refractivity contribution >= 4 is 11.9 Å². The van der Waals surface area contributed by atoms with Gasteiger partial charge in [-0.3, -0.25) is 14.6 Å². The quantitative estimate of drug-likeness (QED) is 0.904. The van der Waals surface area contributed by atoms with E-state index in [1.807, 2.05) is 18.2 Å². The summed E-state index contributed by atoms with van der Waals surface area (Å²) in [4.78, 5) is 32.6. The predicted molar refractivity (Wildman–Crippen MR) is 89.5 cm³/mol. The van der Waals surface area contributed by atoms with Crippen LogP contribution >= 0.6 is 0 Å². The van der Waals surface area contributed by atoms with E-state index in [0.29, 0.717) is 25.4 Å². The van der Waals surface area contributed by atoms with Crippen LogP contribution in [0.15, 0.2) is 24.4 Å². The van der Waals surface area contributed by atoms with E-state index in [9.17, 15) is 14.7 Å². The van der Waals surface area contributed by atoms with Crippen molar-refractivity contribution in [3.05, 3.63) is 30.1 Å². The summed E-state index contributed by atoms with van der Waals surface area (Å²) >= 11 is 0. The first-order valence-electron chi connectivity index (χ1n) is 8.64. The third kappa shape index (κ3) is 3.75. The molecular weight excluding hydrogens is 306 g/mol. The van der Waals surface area contributed by atoms with Gasteiger partial charge in [-0.05, 0) is 51.0 Å². The molecule has 6 nitrogen and oxygen atoms in total. The average Bonchev–Trinajstić information content (AvgIpc) is 3.03. The van der Waals surface area contributed by atoms with Crippen molar-refractivity contribution in [1.29, 1.82) is 0 Å². The highest BCUT2D eigenvalue weighted by atomic mass is 16.4. The Morgan fingerprint density at radius 3 is 2.62 bits per heavy atom. The van der Waals surface area contributed by atoms with Crippen LogP contribution in [0.25, 0.3) is 0 Å². The second-order valence-electron chi connectivity index (χ2n) is 7.06. The molecule has 0 bridgehead atoms. The van der Waals surface area contributed by atoms with Crippen molar-refractivity contribution < 1.29 is 14.7 Å². The summed E-state index contributed by atoms with van der Waals surface area (Å²) in [6.07, 6.45) is 4.30. The van der Waals surface area contributed by atoms with E-state index in [0.717, 1.165) is 31.6 Å². The fraction of sp³-hybridized carbons (Fsp3) is 0.611. The molecular formula is C18H25N3O3. The highest BCUT2D eigenvalue weighted by molar-refractivity contribution is 5.79. The van der Waals surface area contributed by atoms with Crippen LogP contribution in [0.4, 0.5) is 0 Å². The molecule has 1 aromatic rings. The number of amides is 1. The van der Waals surface area contributed by atoms with E-state index in [1.165, 1.54) is 0 Å². The molecule has 0 aliphatic carbocycles. The minimum atomic E-state index is -0.847. The molecule has 0 saturated carbocycles. The van der Waals surface area contributed by atoms with Crippen LogP contribution in [-0.4, -0.2) is 65.0 Å². The summed E-state index contributed by atoms with van der Waals surface area (Å²) in [5.41, 5.74) is 0.763. The van der Waals surface area contributed by atoms with E-state index < -0.39 is 11.9 Å². The van der Waals surface area contributed by atoms with Gasteiger partial charge in [0.15, 0.2) is 0 Å². The van der Waals surface area contributed by atoms with Gasteiger partial charge in [0.1, 0.15) is 0 Å². The Kier molecular flexibility index (Phi) is 5.14. The Morgan fingerprint density at radius 2 is 2.00 bits per heavy atom. The maximum absolute atomic E-state index is 12.6. The first-order chi connectivity index (χ1) is 11.5. The number of hydrogen-bond acceptors (Lipinski definition) is 4. The van der Waals surface area contributed by atoms with Crippen LogP contribution in [0.3, 0.4) is 0 Å². The monoisotopic (exact) mass is 331 g/mol. The van der Waals surface area contributed by atoms with E-state index in [2.05, 4.69) is 16.9 Å². The van der Waals surface area contributed by atoms with E-state index in [1.54, 1.807) is 11.1 Å². The molecule has 2 saturated heterocycles. The second kappa shape index (κ2) is 7.30. The zero-order valence-corrected chi connectivity index (χ0v) is 14.1. The van der Waals surface area contributed by atoms with E-state index >= 15 is 0 Å². The number of likely N-dealkylation sites (tertiary alicyclic amines) is 2. The molecule has 0 unspecified atom stereocenters. The van der Waals surface area contributed by atoms with Crippen molar-refractivity contribution in [3.8, 4) is 0 Å². The van der Waals surface area contributed by atoms with Gasteiger partial charge in [-0.1, -0.05) is 6.07 Å². The minimum absolute atomic E-state index is 0.0919. The molecule has 130 valence electrons. The summed E-state index contributed by atoms with van der Waals surface area (Å²) in [5, 5.41) is 9.52. The van der Waals surface area contributed by atoms with Gasteiger partial charge in [0, 0.05) is 37.3 Å². The van der Waals surface area contributed by atoms with Crippen molar-refractivity contribution in [1.82, 2.24) is 14.8 Å². The molecule has 0 spiro atoms. The highest BCUT2D eigenvalue weighted by Gasteiger charge is 2.41. The number of carbonyl (C=O) groups excluding carboxylic acids is 1. The van der Waals surface area contributed by atoms with Gasteiger partial charge in [-0.15, -0.1) is 0 Å². The molecule has 1 aromatic heterocycles. The van der Waals surface area contributed by atoms with Gasteiger partial charge >= 0.3 is 5.97 Å². The van der Waals surface area contributed by atoms with Crippen LogP contribution in [0.1, 0.15) is 30.9 Å². The number of aromatic nitrogens is 1. The lowest BCUT2D eigenvalue weighted by molar-refractivity contribution is -0.142. The lowest BCUT2D eigenvalue weighted by atomic mass is 9.93. The molecule has 0 aromatic carbocycles. The number of carboxylic acid groups (broad SMARTS) is 1. The Hall–Kier alpha value is -1.95. The summed E-state index contributed by atoms with van der Waals surface area (Å²) in [6.45, 7) is 2.82. The Morgan fingerprint density at radius 1 is 1.25 bits per heavy atom. The molecule has 1 amide bonds. The Balaban J connectivity index is 1.64. The van der Waals surface area contributed by atoms with Gasteiger partial charge in [-0.25, -0.2) is 0 Å². The molecule has 2 atom stereocenters. The zero-order chi connectivity index (χ0) is 17.1. The van der Waals surface area contributed by atoms with Gasteiger partial charge in [0.25, 0.3) is 0 Å². The fourth-order valence-electron chi connectivity index (χ4n) is 3.79. The number of nitrogens with zero attached hydrogens (tertiary/aromatic N) is 3. The standard InChI is InChI=1S/C18H25N3O3/c1-20-8-5-13(6-9-20)10-17(22)21-11-14(15(12-21)18(23)24)16-4-2-3-7-19-16/h2-4,7,13-15H,5-6,8-12H2,1H3,(H,23,24)/t14-,15-/m1/s1. The largest absolute Gasteiger partial charge is 0.481 e. The lowest BCUT2D eigenvalue weighted by Gasteiger charge is -2.29. The lowest BCUT2D eigenvalue weighted by Crippen LogP contribution is -2.35. The zero-order valence-electron chi connectivity index (χ0n) is 14.1.